The van der Waals surface area contributed by atoms with Crippen LogP contribution in [0.15, 0.2) is 67.9 Å². The summed E-state index contributed by atoms with van der Waals surface area (Å²) in [6, 6.07) is 16.0. The van der Waals surface area contributed by atoms with E-state index >= 15 is 0 Å². The first kappa shape index (κ1) is 18.0. The summed E-state index contributed by atoms with van der Waals surface area (Å²) in [4.78, 5) is 27.8. The van der Waals surface area contributed by atoms with Gasteiger partial charge in [-0.25, -0.2) is 0 Å². The molecule has 0 saturated carbocycles. The number of furan rings is 1. The molecule has 28 heavy (non-hydrogen) atoms. The summed E-state index contributed by atoms with van der Waals surface area (Å²) in [5.74, 6) is 0.0538. The number of aromatic nitrogens is 1. The maximum Gasteiger partial charge on any atom is 0.302 e. The molecular formula is C20H14BrN3O4. The molecule has 2 aromatic carbocycles. The Morgan fingerprint density at radius 1 is 0.964 bits per heavy atom. The molecule has 2 aromatic heterocycles. The van der Waals surface area contributed by atoms with Gasteiger partial charge in [0.05, 0.1) is 0 Å². The van der Waals surface area contributed by atoms with Crippen LogP contribution in [-0.2, 0) is 4.79 Å². The predicted octanol–water partition coefficient (Wildman–Crippen LogP) is 5.06. The minimum atomic E-state index is -0.475. The van der Waals surface area contributed by atoms with Crippen molar-refractivity contribution >= 4 is 50.5 Å². The molecule has 2 heterocycles. The summed E-state index contributed by atoms with van der Waals surface area (Å²) in [7, 11) is 0. The Kier molecular flexibility index (Phi) is 4.70. The van der Waals surface area contributed by atoms with Gasteiger partial charge in [0.1, 0.15) is 11.3 Å². The Morgan fingerprint density at radius 3 is 2.50 bits per heavy atom. The highest BCUT2D eigenvalue weighted by molar-refractivity contribution is 9.10. The number of rotatable bonds is 4. The lowest BCUT2D eigenvalue weighted by Crippen LogP contribution is -2.10. The van der Waals surface area contributed by atoms with Crippen LogP contribution in [0.3, 0.4) is 0 Å². The van der Waals surface area contributed by atoms with Crippen LogP contribution in [0.2, 0.25) is 0 Å². The van der Waals surface area contributed by atoms with E-state index in [-0.39, 0.29) is 17.7 Å². The van der Waals surface area contributed by atoms with Crippen molar-refractivity contribution in [2.24, 2.45) is 0 Å². The SMILES string of the molecule is CC(=O)Nc1ccc2nc(NC(=O)c3ccc(-c4ccc(Br)cc4)o3)oc2c1. The number of hydrogen-bond donors (Lipinski definition) is 2. The first-order valence-corrected chi connectivity index (χ1v) is 9.12. The monoisotopic (exact) mass is 439 g/mol. The van der Waals surface area contributed by atoms with Crippen molar-refractivity contribution in [1.29, 1.82) is 0 Å². The van der Waals surface area contributed by atoms with Crippen LogP contribution < -0.4 is 10.6 Å². The number of hydrogen-bond acceptors (Lipinski definition) is 5. The molecule has 0 bridgehead atoms. The van der Waals surface area contributed by atoms with Gasteiger partial charge in [0.2, 0.25) is 5.91 Å². The third-order valence-corrected chi connectivity index (χ3v) is 4.42. The van der Waals surface area contributed by atoms with Crippen molar-refractivity contribution < 1.29 is 18.4 Å². The number of nitrogens with zero attached hydrogens (tertiary/aromatic N) is 1. The van der Waals surface area contributed by atoms with E-state index in [9.17, 15) is 9.59 Å². The van der Waals surface area contributed by atoms with Crippen LogP contribution in [0.4, 0.5) is 11.7 Å². The highest BCUT2D eigenvalue weighted by Crippen LogP contribution is 2.26. The third-order valence-electron chi connectivity index (χ3n) is 3.89. The van der Waals surface area contributed by atoms with Gasteiger partial charge in [0.15, 0.2) is 11.3 Å². The summed E-state index contributed by atoms with van der Waals surface area (Å²) in [6.07, 6.45) is 0. The highest BCUT2D eigenvalue weighted by Gasteiger charge is 2.16. The van der Waals surface area contributed by atoms with Gasteiger partial charge in [-0.15, -0.1) is 0 Å². The lowest BCUT2D eigenvalue weighted by atomic mass is 10.2. The van der Waals surface area contributed by atoms with E-state index in [2.05, 4.69) is 31.5 Å². The zero-order valence-electron chi connectivity index (χ0n) is 14.7. The maximum atomic E-state index is 12.4. The van der Waals surface area contributed by atoms with Gasteiger partial charge in [0, 0.05) is 28.7 Å². The molecule has 0 saturated heterocycles. The molecule has 0 atom stereocenters. The molecule has 0 unspecified atom stereocenters. The Bertz CT molecular complexity index is 1180. The minimum absolute atomic E-state index is 0.0431. The molecule has 0 radical (unpaired) electrons. The second-order valence-corrected chi connectivity index (χ2v) is 6.92. The van der Waals surface area contributed by atoms with Crippen molar-refractivity contribution in [2.45, 2.75) is 6.92 Å². The average molecular weight is 440 g/mol. The van der Waals surface area contributed by atoms with Crippen molar-refractivity contribution in [3.05, 3.63) is 64.8 Å². The van der Waals surface area contributed by atoms with Gasteiger partial charge in [-0.1, -0.05) is 28.1 Å². The fourth-order valence-corrected chi connectivity index (χ4v) is 2.91. The molecule has 0 fully saturated rings. The summed E-state index contributed by atoms with van der Waals surface area (Å²) >= 11 is 3.38. The van der Waals surface area contributed by atoms with Crippen molar-refractivity contribution in [2.75, 3.05) is 10.6 Å². The zero-order valence-corrected chi connectivity index (χ0v) is 16.2. The van der Waals surface area contributed by atoms with E-state index in [1.54, 1.807) is 30.3 Å². The molecule has 2 N–H and O–H groups in total. The van der Waals surface area contributed by atoms with Gasteiger partial charge in [-0.05, 0) is 36.4 Å². The first-order valence-electron chi connectivity index (χ1n) is 8.33. The minimum Gasteiger partial charge on any atom is -0.451 e. The Morgan fingerprint density at radius 2 is 1.75 bits per heavy atom. The van der Waals surface area contributed by atoms with E-state index in [0.717, 1.165) is 10.0 Å². The van der Waals surface area contributed by atoms with Gasteiger partial charge in [-0.3, -0.25) is 14.9 Å². The van der Waals surface area contributed by atoms with Crippen LogP contribution in [0.5, 0.6) is 0 Å². The smallest absolute Gasteiger partial charge is 0.302 e. The van der Waals surface area contributed by atoms with Crippen LogP contribution >= 0.6 is 15.9 Å². The number of oxazole rings is 1. The number of anilines is 2. The van der Waals surface area contributed by atoms with Gasteiger partial charge in [-0.2, -0.15) is 4.98 Å². The Hall–Kier alpha value is -3.39. The quantitative estimate of drug-likeness (QED) is 0.462. The predicted molar refractivity (Wildman–Crippen MR) is 108 cm³/mol. The standard InChI is InChI=1S/C20H14BrN3O4/c1-11(25)22-14-6-7-15-18(10-14)28-20(23-15)24-19(26)17-9-8-16(27-17)12-2-4-13(21)5-3-12/h2-10H,1H3,(H,22,25)(H,23,24,26). The first-order chi connectivity index (χ1) is 13.5. The summed E-state index contributed by atoms with van der Waals surface area (Å²) in [6.45, 7) is 1.42. The van der Waals surface area contributed by atoms with Gasteiger partial charge in [0.25, 0.3) is 5.91 Å². The molecule has 0 aliphatic rings. The van der Waals surface area contributed by atoms with E-state index in [1.807, 2.05) is 24.3 Å². The van der Waals surface area contributed by atoms with Crippen LogP contribution in [0.25, 0.3) is 22.4 Å². The van der Waals surface area contributed by atoms with Gasteiger partial charge < -0.3 is 14.2 Å². The normalized spacial score (nSPS) is 10.8. The summed E-state index contributed by atoms with van der Waals surface area (Å²) < 4.78 is 12.1. The number of amides is 2. The summed E-state index contributed by atoms with van der Waals surface area (Å²) in [5.41, 5.74) is 2.43. The third kappa shape index (κ3) is 3.81. The number of halogens is 1. The van der Waals surface area contributed by atoms with E-state index in [1.165, 1.54) is 6.92 Å². The fourth-order valence-electron chi connectivity index (χ4n) is 2.65. The molecule has 8 heteroatoms. The molecule has 0 aliphatic carbocycles. The van der Waals surface area contributed by atoms with E-state index in [4.69, 9.17) is 8.83 Å². The maximum absolute atomic E-state index is 12.4. The number of benzene rings is 2. The molecule has 0 spiro atoms. The Labute approximate surface area is 167 Å². The van der Waals surface area contributed by atoms with Crippen LogP contribution in [-0.4, -0.2) is 16.8 Å². The number of carbonyl (C=O) groups excluding carboxylic acids is 2. The van der Waals surface area contributed by atoms with Crippen molar-refractivity contribution in [3.8, 4) is 11.3 Å². The number of nitrogens with one attached hydrogen (secondary N) is 2. The fraction of sp³-hybridized carbons (Fsp3) is 0.0500. The topological polar surface area (TPSA) is 97.4 Å². The van der Waals surface area contributed by atoms with Crippen molar-refractivity contribution in [3.63, 3.8) is 0 Å². The number of fused-ring (bicyclic) bond motifs is 1. The van der Waals surface area contributed by atoms with E-state index < -0.39 is 5.91 Å². The van der Waals surface area contributed by atoms with Crippen molar-refractivity contribution in [1.82, 2.24) is 4.98 Å². The Balaban J connectivity index is 1.52. The molecule has 7 nitrogen and oxygen atoms in total. The summed E-state index contributed by atoms with van der Waals surface area (Å²) in [5, 5.41) is 5.24. The average Bonchev–Trinajstić information content (AvgIpc) is 3.28. The molecule has 0 aliphatic heterocycles. The molecule has 4 rings (SSSR count). The molecule has 4 aromatic rings. The second kappa shape index (κ2) is 7.32. The molecule has 140 valence electrons. The lowest BCUT2D eigenvalue weighted by molar-refractivity contribution is -0.114. The second-order valence-electron chi connectivity index (χ2n) is 6.01. The lowest BCUT2D eigenvalue weighted by Gasteiger charge is -1.99. The van der Waals surface area contributed by atoms with Crippen LogP contribution in [0, 0.1) is 0 Å². The van der Waals surface area contributed by atoms with E-state index in [0.29, 0.717) is 22.5 Å². The van der Waals surface area contributed by atoms with Crippen LogP contribution in [0.1, 0.15) is 17.5 Å². The highest BCUT2D eigenvalue weighted by atomic mass is 79.9. The van der Waals surface area contributed by atoms with Gasteiger partial charge >= 0.3 is 6.01 Å². The zero-order chi connectivity index (χ0) is 19.7. The molecular weight excluding hydrogens is 426 g/mol. The largest absolute Gasteiger partial charge is 0.451 e. The molecule has 2 amide bonds. The number of carbonyl (C=O) groups is 2.